The Bertz CT molecular complexity index is 494. The minimum absolute atomic E-state index is 0.415. The standard InChI is InChI=1S/C9H12N6O/c1-5-8(10)12-4-13-9(5)11-3-7-14-6(2)15-16-7/h4H,3H2,1-2H3,(H3,10,11,12,13). The number of rotatable bonds is 3. The number of nitrogens with zero attached hydrogens (tertiary/aromatic N) is 4. The van der Waals surface area contributed by atoms with Crippen LogP contribution in [-0.4, -0.2) is 20.1 Å². The molecule has 0 aliphatic carbocycles. The molecule has 0 aliphatic rings. The quantitative estimate of drug-likeness (QED) is 0.783. The van der Waals surface area contributed by atoms with E-state index in [1.54, 1.807) is 6.92 Å². The average molecular weight is 220 g/mol. The van der Waals surface area contributed by atoms with Gasteiger partial charge in [-0.25, -0.2) is 9.97 Å². The number of nitrogens with one attached hydrogen (secondary N) is 1. The van der Waals surface area contributed by atoms with E-state index >= 15 is 0 Å². The van der Waals surface area contributed by atoms with Crippen LogP contribution in [0, 0.1) is 13.8 Å². The summed E-state index contributed by atoms with van der Waals surface area (Å²) in [6.07, 6.45) is 1.41. The largest absolute Gasteiger partial charge is 0.383 e. The van der Waals surface area contributed by atoms with Crippen molar-refractivity contribution in [3.8, 4) is 0 Å². The predicted octanol–water partition coefficient (Wildman–Crippen LogP) is 0.671. The summed E-state index contributed by atoms with van der Waals surface area (Å²) < 4.78 is 4.96. The minimum Gasteiger partial charge on any atom is -0.383 e. The summed E-state index contributed by atoms with van der Waals surface area (Å²) in [6.45, 7) is 4.02. The van der Waals surface area contributed by atoms with Gasteiger partial charge in [0.2, 0.25) is 5.89 Å². The van der Waals surface area contributed by atoms with E-state index in [4.69, 9.17) is 10.3 Å². The molecular weight excluding hydrogens is 208 g/mol. The smallest absolute Gasteiger partial charge is 0.245 e. The Labute approximate surface area is 92.1 Å². The second-order valence-electron chi connectivity index (χ2n) is 3.32. The van der Waals surface area contributed by atoms with E-state index in [1.165, 1.54) is 6.33 Å². The lowest BCUT2D eigenvalue weighted by Crippen LogP contribution is -2.06. The zero-order chi connectivity index (χ0) is 11.5. The van der Waals surface area contributed by atoms with Crippen LogP contribution in [0.25, 0.3) is 0 Å². The van der Waals surface area contributed by atoms with Crippen LogP contribution in [0.1, 0.15) is 17.3 Å². The zero-order valence-electron chi connectivity index (χ0n) is 9.06. The molecule has 0 aliphatic heterocycles. The number of aryl methyl sites for hydroxylation is 1. The van der Waals surface area contributed by atoms with Crippen LogP contribution < -0.4 is 11.1 Å². The highest BCUT2D eigenvalue weighted by atomic mass is 16.5. The molecule has 2 aromatic rings. The summed E-state index contributed by atoms with van der Waals surface area (Å²) in [5.41, 5.74) is 6.46. The predicted molar refractivity (Wildman–Crippen MR) is 57.5 cm³/mol. The molecule has 7 nitrogen and oxygen atoms in total. The maximum atomic E-state index is 5.65. The minimum atomic E-state index is 0.415. The van der Waals surface area contributed by atoms with Gasteiger partial charge in [-0.2, -0.15) is 4.98 Å². The Balaban J connectivity index is 2.07. The number of hydrogen-bond donors (Lipinski definition) is 2. The van der Waals surface area contributed by atoms with Gasteiger partial charge in [-0.3, -0.25) is 0 Å². The molecule has 0 atom stereocenters. The summed E-state index contributed by atoms with van der Waals surface area (Å²) in [7, 11) is 0. The zero-order valence-corrected chi connectivity index (χ0v) is 9.06. The van der Waals surface area contributed by atoms with Gasteiger partial charge < -0.3 is 15.6 Å². The molecule has 0 saturated heterocycles. The molecule has 0 saturated carbocycles. The molecule has 2 heterocycles. The van der Waals surface area contributed by atoms with Crippen molar-refractivity contribution in [2.75, 3.05) is 11.1 Å². The number of aromatic nitrogens is 4. The fraction of sp³-hybridized carbons (Fsp3) is 0.333. The molecule has 2 rings (SSSR count). The van der Waals surface area contributed by atoms with E-state index in [1.807, 2.05) is 6.92 Å². The third-order valence-electron chi connectivity index (χ3n) is 2.10. The summed E-state index contributed by atoms with van der Waals surface area (Å²) in [6, 6.07) is 0. The Morgan fingerprint density at radius 1 is 1.38 bits per heavy atom. The number of nitrogens with two attached hydrogens (primary N) is 1. The first-order valence-corrected chi connectivity index (χ1v) is 4.77. The van der Waals surface area contributed by atoms with Crippen LogP contribution >= 0.6 is 0 Å². The lowest BCUT2D eigenvalue weighted by molar-refractivity contribution is 0.379. The van der Waals surface area contributed by atoms with E-state index in [9.17, 15) is 0 Å². The van der Waals surface area contributed by atoms with Crippen LogP contribution in [-0.2, 0) is 6.54 Å². The monoisotopic (exact) mass is 220 g/mol. The molecular formula is C9H12N6O. The summed E-state index contributed by atoms with van der Waals surface area (Å²) in [5.74, 6) is 2.24. The average Bonchev–Trinajstić information content (AvgIpc) is 2.67. The van der Waals surface area contributed by atoms with Gasteiger partial charge in [0.25, 0.3) is 0 Å². The molecule has 0 unspecified atom stereocenters. The van der Waals surface area contributed by atoms with E-state index < -0.39 is 0 Å². The van der Waals surface area contributed by atoms with Crippen LogP contribution in [0.4, 0.5) is 11.6 Å². The highest BCUT2D eigenvalue weighted by Crippen LogP contribution is 2.15. The van der Waals surface area contributed by atoms with Crippen LogP contribution in [0.5, 0.6) is 0 Å². The fourth-order valence-corrected chi connectivity index (χ4v) is 1.21. The van der Waals surface area contributed by atoms with Gasteiger partial charge in [0.1, 0.15) is 18.0 Å². The third kappa shape index (κ3) is 2.08. The molecule has 16 heavy (non-hydrogen) atoms. The fourth-order valence-electron chi connectivity index (χ4n) is 1.21. The molecule has 0 radical (unpaired) electrons. The first-order valence-electron chi connectivity index (χ1n) is 4.77. The molecule has 7 heteroatoms. The molecule has 0 amide bonds. The second-order valence-corrected chi connectivity index (χ2v) is 3.32. The highest BCUT2D eigenvalue weighted by molar-refractivity contribution is 5.53. The van der Waals surface area contributed by atoms with E-state index in [0.717, 1.165) is 5.56 Å². The van der Waals surface area contributed by atoms with Gasteiger partial charge in [-0.15, -0.1) is 0 Å². The molecule has 0 aromatic carbocycles. The first-order chi connectivity index (χ1) is 7.66. The van der Waals surface area contributed by atoms with Gasteiger partial charge in [-0.1, -0.05) is 5.16 Å². The lowest BCUT2D eigenvalue weighted by atomic mass is 10.3. The highest BCUT2D eigenvalue weighted by Gasteiger charge is 2.06. The summed E-state index contributed by atoms with van der Waals surface area (Å²) in [4.78, 5) is 12.0. The van der Waals surface area contributed by atoms with Gasteiger partial charge in [0.05, 0.1) is 6.54 Å². The maximum Gasteiger partial charge on any atom is 0.245 e. The normalized spacial score (nSPS) is 10.4. The first kappa shape index (κ1) is 10.3. The van der Waals surface area contributed by atoms with E-state index in [-0.39, 0.29) is 0 Å². The molecule has 84 valence electrons. The maximum absolute atomic E-state index is 5.65. The summed E-state index contributed by atoms with van der Waals surface area (Å²) in [5, 5.41) is 6.74. The Morgan fingerprint density at radius 3 is 2.88 bits per heavy atom. The number of hydrogen-bond acceptors (Lipinski definition) is 7. The van der Waals surface area contributed by atoms with Gasteiger partial charge in [0, 0.05) is 5.56 Å². The summed E-state index contributed by atoms with van der Waals surface area (Å²) >= 11 is 0. The molecule has 2 aromatic heterocycles. The molecule has 0 fully saturated rings. The third-order valence-corrected chi connectivity index (χ3v) is 2.10. The van der Waals surface area contributed by atoms with Crippen molar-refractivity contribution in [2.45, 2.75) is 20.4 Å². The van der Waals surface area contributed by atoms with Crippen molar-refractivity contribution in [2.24, 2.45) is 0 Å². The topological polar surface area (TPSA) is 103 Å². The number of nitrogen functional groups attached to an aromatic ring is 1. The van der Waals surface area contributed by atoms with Crippen molar-refractivity contribution in [3.63, 3.8) is 0 Å². The van der Waals surface area contributed by atoms with E-state index in [2.05, 4.69) is 25.4 Å². The number of anilines is 2. The lowest BCUT2D eigenvalue weighted by Gasteiger charge is -2.06. The van der Waals surface area contributed by atoms with E-state index in [0.29, 0.717) is 29.9 Å². The second kappa shape index (κ2) is 4.13. The van der Waals surface area contributed by atoms with Gasteiger partial charge in [0.15, 0.2) is 5.82 Å². The van der Waals surface area contributed by atoms with Crippen LogP contribution in [0.2, 0.25) is 0 Å². The van der Waals surface area contributed by atoms with Crippen molar-refractivity contribution in [3.05, 3.63) is 23.6 Å². The molecule has 3 N–H and O–H groups in total. The Morgan fingerprint density at radius 2 is 2.19 bits per heavy atom. The molecule has 0 spiro atoms. The van der Waals surface area contributed by atoms with Crippen molar-refractivity contribution >= 4 is 11.6 Å². The van der Waals surface area contributed by atoms with Crippen LogP contribution in [0.3, 0.4) is 0 Å². The van der Waals surface area contributed by atoms with Gasteiger partial charge >= 0.3 is 0 Å². The Kier molecular flexibility index (Phi) is 2.67. The van der Waals surface area contributed by atoms with Crippen LogP contribution in [0.15, 0.2) is 10.9 Å². The Hall–Kier alpha value is -2.18. The van der Waals surface area contributed by atoms with Gasteiger partial charge in [-0.05, 0) is 13.8 Å². The van der Waals surface area contributed by atoms with Crippen molar-refractivity contribution < 1.29 is 4.52 Å². The molecule has 0 bridgehead atoms. The van der Waals surface area contributed by atoms with Crippen molar-refractivity contribution in [1.82, 2.24) is 20.1 Å². The van der Waals surface area contributed by atoms with Crippen molar-refractivity contribution in [1.29, 1.82) is 0 Å². The SMILES string of the molecule is Cc1noc(CNc2ncnc(N)c2C)n1.